The SMILES string of the molecule is Cc1cc(-c2ccc(NS(=O)(=O)C(F)F)c(OCc3ccc(F)cc3)c2)c(C#N)c(Cl)n1. The summed E-state index contributed by atoms with van der Waals surface area (Å²) in [6.07, 6.45) is 0. The van der Waals surface area contributed by atoms with Crippen molar-refractivity contribution in [2.75, 3.05) is 4.72 Å². The third kappa shape index (κ3) is 5.30. The fourth-order valence-corrected chi connectivity index (χ4v) is 3.64. The normalized spacial score (nSPS) is 11.3. The number of pyridine rings is 1. The Morgan fingerprint density at radius 1 is 1.19 bits per heavy atom. The lowest BCUT2D eigenvalue weighted by atomic mass is 10.0. The van der Waals surface area contributed by atoms with Gasteiger partial charge in [-0.15, -0.1) is 0 Å². The number of halogens is 4. The van der Waals surface area contributed by atoms with Crippen molar-refractivity contribution in [3.8, 4) is 22.9 Å². The summed E-state index contributed by atoms with van der Waals surface area (Å²) in [5.74, 6) is -4.18. The molecule has 32 heavy (non-hydrogen) atoms. The molecule has 0 fully saturated rings. The minimum atomic E-state index is -4.96. The first-order chi connectivity index (χ1) is 15.1. The summed E-state index contributed by atoms with van der Waals surface area (Å²) >= 11 is 6.06. The van der Waals surface area contributed by atoms with Gasteiger partial charge in [-0.2, -0.15) is 14.0 Å². The molecule has 2 aromatic carbocycles. The van der Waals surface area contributed by atoms with E-state index in [1.165, 1.54) is 42.5 Å². The van der Waals surface area contributed by atoms with Crippen LogP contribution in [-0.4, -0.2) is 19.2 Å². The van der Waals surface area contributed by atoms with Gasteiger partial charge >= 0.3 is 5.76 Å². The Balaban J connectivity index is 2.06. The van der Waals surface area contributed by atoms with Crippen LogP contribution in [0.2, 0.25) is 5.15 Å². The highest BCUT2D eigenvalue weighted by Gasteiger charge is 2.25. The molecule has 0 aliphatic carbocycles. The number of nitriles is 1. The largest absolute Gasteiger partial charge is 0.487 e. The van der Waals surface area contributed by atoms with Gasteiger partial charge in [0.1, 0.15) is 29.4 Å². The molecule has 0 unspecified atom stereocenters. The third-order valence-corrected chi connectivity index (χ3v) is 5.55. The lowest BCUT2D eigenvalue weighted by molar-refractivity contribution is 0.236. The van der Waals surface area contributed by atoms with Crippen LogP contribution in [0, 0.1) is 24.1 Å². The Bertz CT molecular complexity index is 1290. The first-order valence-corrected chi connectivity index (χ1v) is 10.9. The number of hydrogen-bond acceptors (Lipinski definition) is 5. The van der Waals surface area contributed by atoms with Gasteiger partial charge in [0.05, 0.1) is 11.3 Å². The first-order valence-electron chi connectivity index (χ1n) is 8.99. The number of sulfonamides is 1. The molecule has 11 heteroatoms. The zero-order valence-corrected chi connectivity index (χ0v) is 18.0. The van der Waals surface area contributed by atoms with E-state index >= 15 is 0 Å². The second-order valence-electron chi connectivity index (χ2n) is 6.62. The molecule has 0 bridgehead atoms. The van der Waals surface area contributed by atoms with Gasteiger partial charge in [-0.25, -0.2) is 17.8 Å². The van der Waals surface area contributed by atoms with Crippen molar-refractivity contribution in [2.45, 2.75) is 19.3 Å². The Morgan fingerprint density at radius 3 is 2.50 bits per heavy atom. The molecule has 6 nitrogen and oxygen atoms in total. The van der Waals surface area contributed by atoms with Gasteiger partial charge < -0.3 is 4.74 Å². The maximum Gasteiger partial charge on any atom is 0.355 e. The van der Waals surface area contributed by atoms with Gasteiger partial charge in [-0.05, 0) is 48.4 Å². The number of alkyl halides is 2. The first kappa shape index (κ1) is 23.4. The van der Waals surface area contributed by atoms with Crippen LogP contribution >= 0.6 is 11.6 Å². The van der Waals surface area contributed by atoms with Crippen LogP contribution in [0.1, 0.15) is 16.8 Å². The van der Waals surface area contributed by atoms with Gasteiger partial charge in [-0.1, -0.05) is 29.8 Å². The van der Waals surface area contributed by atoms with Crippen molar-refractivity contribution < 1.29 is 26.3 Å². The van der Waals surface area contributed by atoms with E-state index in [0.717, 1.165) is 0 Å². The summed E-state index contributed by atoms with van der Waals surface area (Å²) in [7, 11) is -4.96. The molecule has 0 saturated carbocycles. The quantitative estimate of drug-likeness (QED) is 0.464. The monoisotopic (exact) mass is 481 g/mol. The van der Waals surface area contributed by atoms with E-state index < -0.39 is 21.6 Å². The Morgan fingerprint density at radius 2 is 1.88 bits per heavy atom. The maximum absolute atomic E-state index is 13.1. The van der Waals surface area contributed by atoms with Crippen molar-refractivity contribution in [3.63, 3.8) is 0 Å². The number of aryl methyl sites for hydroxylation is 1. The summed E-state index contributed by atoms with van der Waals surface area (Å²) in [5, 5.41) is 9.44. The fraction of sp³-hybridized carbons (Fsp3) is 0.143. The van der Waals surface area contributed by atoms with Crippen molar-refractivity contribution in [1.82, 2.24) is 4.98 Å². The van der Waals surface area contributed by atoms with Crippen molar-refractivity contribution in [2.24, 2.45) is 0 Å². The minimum Gasteiger partial charge on any atom is -0.487 e. The van der Waals surface area contributed by atoms with Crippen LogP contribution < -0.4 is 9.46 Å². The summed E-state index contributed by atoms with van der Waals surface area (Å²) < 4.78 is 69.7. The van der Waals surface area contributed by atoms with Crippen molar-refractivity contribution in [1.29, 1.82) is 5.26 Å². The molecule has 0 aliphatic heterocycles. The van der Waals surface area contributed by atoms with Crippen molar-refractivity contribution in [3.05, 3.63) is 76.3 Å². The highest BCUT2D eigenvalue weighted by atomic mass is 35.5. The van der Waals surface area contributed by atoms with Crippen LogP contribution in [0.3, 0.4) is 0 Å². The van der Waals surface area contributed by atoms with E-state index in [1.54, 1.807) is 17.7 Å². The van der Waals surface area contributed by atoms with Crippen LogP contribution in [-0.2, 0) is 16.6 Å². The predicted molar refractivity (Wildman–Crippen MR) is 113 cm³/mol. The van der Waals surface area contributed by atoms with Crippen LogP contribution in [0.15, 0.2) is 48.5 Å². The van der Waals surface area contributed by atoms with E-state index in [4.69, 9.17) is 16.3 Å². The Kier molecular flexibility index (Phi) is 6.91. The number of hydrogen-bond donors (Lipinski definition) is 1. The van der Waals surface area contributed by atoms with Gasteiger partial charge in [0, 0.05) is 11.3 Å². The van der Waals surface area contributed by atoms with E-state index in [9.17, 15) is 26.9 Å². The molecule has 3 rings (SSSR count). The van der Waals surface area contributed by atoms with Gasteiger partial charge in [0.2, 0.25) is 0 Å². The molecule has 1 aromatic heterocycles. The van der Waals surface area contributed by atoms with Crippen LogP contribution in [0.4, 0.5) is 18.9 Å². The summed E-state index contributed by atoms with van der Waals surface area (Å²) in [4.78, 5) is 4.03. The van der Waals surface area contributed by atoms with Crippen LogP contribution in [0.5, 0.6) is 5.75 Å². The summed E-state index contributed by atoms with van der Waals surface area (Å²) in [6, 6.07) is 13.0. The average Bonchev–Trinajstić information content (AvgIpc) is 2.73. The Hall–Kier alpha value is -3.29. The lowest BCUT2D eigenvalue weighted by Gasteiger charge is -2.16. The average molecular weight is 482 g/mol. The number of benzene rings is 2. The number of rotatable bonds is 7. The maximum atomic E-state index is 13.1. The van der Waals surface area contributed by atoms with Gasteiger partial charge in [0.15, 0.2) is 0 Å². The van der Waals surface area contributed by atoms with Crippen molar-refractivity contribution >= 4 is 27.3 Å². The number of ether oxygens (including phenoxy) is 1. The molecule has 1 heterocycles. The number of nitrogens with one attached hydrogen (secondary N) is 1. The highest BCUT2D eigenvalue weighted by molar-refractivity contribution is 7.93. The summed E-state index contributed by atoms with van der Waals surface area (Å²) in [6.45, 7) is 1.57. The second kappa shape index (κ2) is 9.46. The molecular formula is C21H15ClF3N3O3S. The Labute approximate surface area is 187 Å². The van der Waals surface area contributed by atoms with Gasteiger partial charge in [-0.3, -0.25) is 4.72 Å². The molecule has 0 atom stereocenters. The predicted octanol–water partition coefficient (Wildman–Crippen LogP) is 5.26. The molecule has 0 aliphatic rings. The molecule has 166 valence electrons. The highest BCUT2D eigenvalue weighted by Crippen LogP contribution is 2.35. The minimum absolute atomic E-state index is 0.0150. The fourth-order valence-electron chi connectivity index (χ4n) is 2.80. The molecular weight excluding hydrogens is 467 g/mol. The molecule has 0 spiro atoms. The zero-order valence-electron chi connectivity index (χ0n) is 16.4. The smallest absolute Gasteiger partial charge is 0.355 e. The lowest BCUT2D eigenvalue weighted by Crippen LogP contribution is -2.21. The second-order valence-corrected chi connectivity index (χ2v) is 8.63. The standard InChI is InChI=1S/C21H15ClF3N3O3S/c1-12-8-16(17(10-26)20(22)27-12)14-4-7-18(28-32(29,30)21(24)25)19(9-14)31-11-13-2-5-15(23)6-3-13/h2-9,21,28H,11H2,1H3. The van der Waals surface area contributed by atoms with E-state index in [2.05, 4.69) is 4.98 Å². The van der Waals surface area contributed by atoms with E-state index in [-0.39, 0.29) is 28.8 Å². The van der Waals surface area contributed by atoms with E-state index in [1.807, 2.05) is 6.07 Å². The van der Waals surface area contributed by atoms with Crippen LogP contribution in [0.25, 0.3) is 11.1 Å². The number of nitrogens with zero attached hydrogens (tertiary/aromatic N) is 2. The molecule has 1 N–H and O–H groups in total. The zero-order chi connectivity index (χ0) is 23.5. The third-order valence-electron chi connectivity index (χ3n) is 4.30. The van der Waals surface area contributed by atoms with E-state index in [0.29, 0.717) is 22.4 Å². The number of anilines is 1. The molecule has 0 amide bonds. The van der Waals surface area contributed by atoms with Gasteiger partial charge in [0.25, 0.3) is 10.0 Å². The summed E-state index contributed by atoms with van der Waals surface area (Å²) in [5.41, 5.74) is 1.76. The topological polar surface area (TPSA) is 92.1 Å². The molecule has 3 aromatic rings. The molecule has 0 radical (unpaired) electrons. The number of aromatic nitrogens is 1. The molecule has 0 saturated heterocycles.